The first-order valence-electron chi connectivity index (χ1n) is 11.0. The van der Waals surface area contributed by atoms with Gasteiger partial charge in [0.25, 0.3) is 0 Å². The van der Waals surface area contributed by atoms with E-state index in [0.717, 1.165) is 11.1 Å². The quantitative estimate of drug-likeness (QED) is 0.604. The third kappa shape index (κ3) is 5.02. The van der Waals surface area contributed by atoms with Crippen molar-refractivity contribution in [2.75, 3.05) is 19.9 Å². The van der Waals surface area contributed by atoms with Crippen molar-refractivity contribution < 1.29 is 28.6 Å². The zero-order chi connectivity index (χ0) is 24.2. The highest BCUT2D eigenvalue weighted by Gasteiger charge is 2.37. The van der Waals surface area contributed by atoms with Crippen LogP contribution in [-0.2, 0) is 25.7 Å². The van der Waals surface area contributed by atoms with Crippen molar-refractivity contribution in [3.05, 3.63) is 69.9 Å². The number of halogens is 1. The maximum Gasteiger partial charge on any atom is 0.336 e. The number of hydrogen-bond donors (Lipinski definition) is 1. The van der Waals surface area contributed by atoms with Gasteiger partial charge in [0.15, 0.2) is 11.5 Å². The highest BCUT2D eigenvalue weighted by molar-refractivity contribution is 6.30. The second kappa shape index (κ2) is 10.2. The zero-order valence-electron chi connectivity index (χ0n) is 18.9. The molecule has 2 aromatic carbocycles. The first-order chi connectivity index (χ1) is 16.4. The molecule has 0 aliphatic carbocycles. The minimum absolute atomic E-state index is 0.0290. The third-order valence-electron chi connectivity index (χ3n) is 5.80. The number of fused-ring (bicyclic) bond motifs is 1. The average Bonchev–Trinajstić information content (AvgIpc) is 3.28. The van der Waals surface area contributed by atoms with Crippen molar-refractivity contribution in [3.8, 4) is 11.5 Å². The summed E-state index contributed by atoms with van der Waals surface area (Å²) < 4.78 is 15.9. The first-order valence-corrected chi connectivity index (χ1v) is 11.3. The molecule has 0 bridgehead atoms. The smallest absolute Gasteiger partial charge is 0.336 e. The van der Waals surface area contributed by atoms with Gasteiger partial charge in [0, 0.05) is 29.6 Å². The Morgan fingerprint density at radius 3 is 2.74 bits per heavy atom. The van der Waals surface area contributed by atoms with Gasteiger partial charge in [-0.05, 0) is 49.2 Å². The average molecular weight is 485 g/mol. The van der Waals surface area contributed by atoms with Gasteiger partial charge in [-0.3, -0.25) is 9.59 Å². The van der Waals surface area contributed by atoms with Crippen LogP contribution in [0.1, 0.15) is 37.3 Å². The van der Waals surface area contributed by atoms with Crippen molar-refractivity contribution in [3.63, 3.8) is 0 Å². The van der Waals surface area contributed by atoms with Crippen LogP contribution in [0.5, 0.6) is 11.5 Å². The number of carbonyl (C=O) groups excluding carboxylic acids is 3. The summed E-state index contributed by atoms with van der Waals surface area (Å²) >= 11 is 6.14. The normalized spacial score (nSPS) is 17.1. The van der Waals surface area contributed by atoms with Gasteiger partial charge >= 0.3 is 5.97 Å². The lowest BCUT2D eigenvalue weighted by molar-refractivity contribution is -0.141. The molecule has 0 fully saturated rings. The molecule has 0 saturated carbocycles. The lowest BCUT2D eigenvalue weighted by Gasteiger charge is -2.34. The molecule has 2 amide bonds. The number of esters is 1. The molecule has 1 unspecified atom stereocenters. The summed E-state index contributed by atoms with van der Waals surface area (Å²) in [4.78, 5) is 39.9. The van der Waals surface area contributed by atoms with E-state index >= 15 is 0 Å². The maximum absolute atomic E-state index is 13.0. The molecule has 0 aromatic heterocycles. The van der Waals surface area contributed by atoms with Crippen LogP contribution in [0.25, 0.3) is 0 Å². The molecule has 178 valence electrons. The van der Waals surface area contributed by atoms with E-state index in [1.165, 1.54) is 4.90 Å². The van der Waals surface area contributed by atoms with E-state index in [1.807, 2.05) is 12.1 Å². The lowest BCUT2D eigenvalue weighted by Crippen LogP contribution is -2.44. The number of carbonyl (C=O) groups is 3. The van der Waals surface area contributed by atoms with Crippen molar-refractivity contribution in [1.29, 1.82) is 0 Å². The van der Waals surface area contributed by atoms with Gasteiger partial charge in [-0.25, -0.2) is 4.79 Å². The monoisotopic (exact) mass is 484 g/mol. The van der Waals surface area contributed by atoms with Gasteiger partial charge in [0.05, 0.1) is 12.2 Å². The molecule has 0 spiro atoms. The minimum atomic E-state index is -0.511. The number of amides is 2. The molecular formula is C25H25ClN2O6. The minimum Gasteiger partial charge on any atom is -0.463 e. The van der Waals surface area contributed by atoms with Gasteiger partial charge in [-0.2, -0.15) is 0 Å². The molecule has 0 saturated heterocycles. The molecule has 9 heteroatoms. The second-order valence-corrected chi connectivity index (χ2v) is 8.41. The van der Waals surface area contributed by atoms with E-state index in [9.17, 15) is 14.4 Å². The first kappa shape index (κ1) is 23.6. The number of nitrogens with zero attached hydrogens (tertiary/aromatic N) is 1. The fraction of sp³-hybridized carbons (Fsp3) is 0.320. The van der Waals surface area contributed by atoms with E-state index in [2.05, 4.69) is 5.32 Å². The predicted octanol–water partition coefficient (Wildman–Crippen LogP) is 3.54. The summed E-state index contributed by atoms with van der Waals surface area (Å²) in [6.07, 6.45) is 0.0290. The predicted molar refractivity (Wildman–Crippen MR) is 124 cm³/mol. The van der Waals surface area contributed by atoms with Crippen molar-refractivity contribution in [2.24, 2.45) is 0 Å². The van der Waals surface area contributed by atoms with Gasteiger partial charge < -0.3 is 24.4 Å². The maximum atomic E-state index is 13.0. The van der Waals surface area contributed by atoms with E-state index < -0.39 is 11.9 Å². The highest BCUT2D eigenvalue weighted by Crippen LogP contribution is 2.38. The standard InChI is InChI=1S/C25H25ClN2O6/c1-3-32-25(31)24-15(2)28(23(30)11-19(24)17-5-4-6-18(26)10-17)13-22(29)27-12-16-7-8-20-21(9-16)34-14-33-20/h4-10,19H,3,11-14H2,1-2H3,(H,27,29). The molecule has 1 N–H and O–H groups in total. The molecule has 1 atom stereocenters. The fourth-order valence-electron chi connectivity index (χ4n) is 4.14. The van der Waals surface area contributed by atoms with Gasteiger partial charge in [0.2, 0.25) is 18.6 Å². The van der Waals surface area contributed by atoms with Crippen LogP contribution >= 0.6 is 11.6 Å². The van der Waals surface area contributed by atoms with Gasteiger partial charge in [-0.15, -0.1) is 0 Å². The molecular weight excluding hydrogens is 460 g/mol. The van der Waals surface area contributed by atoms with Crippen LogP contribution in [0, 0.1) is 0 Å². The summed E-state index contributed by atoms with van der Waals surface area (Å²) in [5.41, 5.74) is 2.34. The summed E-state index contributed by atoms with van der Waals surface area (Å²) in [7, 11) is 0. The summed E-state index contributed by atoms with van der Waals surface area (Å²) in [6.45, 7) is 3.80. The van der Waals surface area contributed by atoms with Gasteiger partial charge in [-0.1, -0.05) is 29.8 Å². The molecule has 4 rings (SSSR count). The van der Waals surface area contributed by atoms with Crippen LogP contribution in [0.4, 0.5) is 0 Å². The van der Waals surface area contributed by atoms with Crippen LogP contribution in [-0.4, -0.2) is 42.6 Å². The number of benzene rings is 2. The fourth-order valence-corrected chi connectivity index (χ4v) is 4.33. The Bertz CT molecular complexity index is 1160. The molecule has 2 aromatic rings. The third-order valence-corrected chi connectivity index (χ3v) is 6.03. The zero-order valence-corrected chi connectivity index (χ0v) is 19.7. The number of ether oxygens (including phenoxy) is 3. The van der Waals surface area contributed by atoms with Crippen molar-refractivity contribution in [2.45, 2.75) is 32.7 Å². The van der Waals surface area contributed by atoms with Crippen LogP contribution in [0.15, 0.2) is 53.7 Å². The topological polar surface area (TPSA) is 94.2 Å². The molecule has 8 nitrogen and oxygen atoms in total. The molecule has 34 heavy (non-hydrogen) atoms. The molecule has 2 aliphatic rings. The number of nitrogens with one attached hydrogen (secondary N) is 1. The highest BCUT2D eigenvalue weighted by atomic mass is 35.5. The summed E-state index contributed by atoms with van der Waals surface area (Å²) in [5, 5.41) is 3.32. The Balaban J connectivity index is 1.51. The van der Waals surface area contributed by atoms with Gasteiger partial charge in [0.1, 0.15) is 6.54 Å². The Labute approximate surface area is 202 Å². The largest absolute Gasteiger partial charge is 0.463 e. The molecule has 2 heterocycles. The summed E-state index contributed by atoms with van der Waals surface area (Å²) in [5.74, 6) is -0.330. The van der Waals surface area contributed by atoms with Crippen LogP contribution in [0.2, 0.25) is 5.02 Å². The SMILES string of the molecule is CCOC(=O)C1=C(C)N(CC(=O)NCc2ccc3c(c2)OCO3)C(=O)CC1c1cccc(Cl)c1. The Kier molecular flexibility index (Phi) is 7.07. The lowest BCUT2D eigenvalue weighted by atomic mass is 9.83. The Hall–Kier alpha value is -3.52. The van der Waals surface area contributed by atoms with E-state index in [1.54, 1.807) is 44.2 Å². The Morgan fingerprint density at radius 1 is 1.18 bits per heavy atom. The summed E-state index contributed by atoms with van der Waals surface area (Å²) in [6, 6.07) is 12.5. The Morgan fingerprint density at radius 2 is 1.97 bits per heavy atom. The number of allylic oxidation sites excluding steroid dienone is 1. The van der Waals surface area contributed by atoms with Crippen LogP contribution < -0.4 is 14.8 Å². The second-order valence-electron chi connectivity index (χ2n) is 7.98. The van der Waals surface area contributed by atoms with Crippen molar-refractivity contribution >= 4 is 29.4 Å². The molecule has 2 aliphatic heterocycles. The molecule has 0 radical (unpaired) electrons. The van der Waals surface area contributed by atoms with E-state index in [4.69, 9.17) is 25.8 Å². The number of hydrogen-bond acceptors (Lipinski definition) is 6. The number of rotatable bonds is 7. The van der Waals surface area contributed by atoms with Crippen LogP contribution in [0.3, 0.4) is 0 Å². The van der Waals surface area contributed by atoms with E-state index in [0.29, 0.717) is 27.8 Å². The van der Waals surface area contributed by atoms with Crippen molar-refractivity contribution in [1.82, 2.24) is 10.2 Å². The van der Waals surface area contributed by atoms with E-state index in [-0.39, 0.29) is 44.7 Å².